The summed E-state index contributed by atoms with van der Waals surface area (Å²) in [6, 6.07) is 7.12. The van der Waals surface area contributed by atoms with E-state index < -0.39 is 41.1 Å². The van der Waals surface area contributed by atoms with Crippen molar-refractivity contribution in [3.05, 3.63) is 64.6 Å². The Balaban J connectivity index is 1.59. The predicted molar refractivity (Wildman–Crippen MR) is 119 cm³/mol. The zero-order chi connectivity index (χ0) is 24.2. The first-order valence-electron chi connectivity index (χ1n) is 10.8. The van der Waals surface area contributed by atoms with Crippen LogP contribution in [0.2, 0.25) is 5.15 Å². The summed E-state index contributed by atoms with van der Waals surface area (Å²) in [5, 5.41) is 3.90. The van der Waals surface area contributed by atoms with E-state index in [9.17, 15) is 18.4 Å². The van der Waals surface area contributed by atoms with Crippen molar-refractivity contribution < 1.29 is 23.1 Å². The van der Waals surface area contributed by atoms with Crippen molar-refractivity contribution in [2.45, 2.75) is 38.3 Å². The molecular formula is C23H22ClF2N5O3. The second-order valence-corrected chi connectivity index (χ2v) is 8.44. The summed E-state index contributed by atoms with van der Waals surface area (Å²) in [6.07, 6.45) is 4.06. The Labute approximate surface area is 199 Å². The van der Waals surface area contributed by atoms with Crippen molar-refractivity contribution in [3.8, 4) is 11.5 Å². The fraction of sp³-hybridized carbons (Fsp3) is 0.348. The highest BCUT2D eigenvalue weighted by atomic mass is 35.5. The van der Waals surface area contributed by atoms with Gasteiger partial charge in [0.05, 0.1) is 18.7 Å². The molecule has 0 bridgehead atoms. The SMILES string of the molecule is N[C@@H]1CCCC[C@H]1C(=O)OCC(=O)c1cc(-c2ncc(F)c(Cl)n2)nn1Cc1ccccc1F. The highest BCUT2D eigenvalue weighted by molar-refractivity contribution is 6.29. The van der Waals surface area contributed by atoms with E-state index in [0.29, 0.717) is 6.42 Å². The van der Waals surface area contributed by atoms with Crippen molar-refractivity contribution in [2.75, 3.05) is 6.61 Å². The van der Waals surface area contributed by atoms with E-state index >= 15 is 0 Å². The molecule has 2 N–H and O–H groups in total. The van der Waals surface area contributed by atoms with Gasteiger partial charge >= 0.3 is 5.97 Å². The summed E-state index contributed by atoms with van der Waals surface area (Å²) in [5.41, 5.74) is 6.48. The van der Waals surface area contributed by atoms with Gasteiger partial charge in [-0.05, 0) is 25.0 Å². The molecule has 0 aliphatic heterocycles. The molecule has 1 fully saturated rings. The number of rotatable bonds is 7. The van der Waals surface area contributed by atoms with Crippen LogP contribution in [0.5, 0.6) is 0 Å². The standard InChI is InChI=1S/C23H22ClF2N5O3/c24-21-16(26)10-28-22(29-21)18-9-19(31(30-18)11-13-5-1-3-7-15(13)25)20(32)12-34-23(33)14-6-2-4-8-17(14)27/h1,3,5,7,9-10,14,17H,2,4,6,8,11-12,27H2/t14-,17-/m1/s1. The molecule has 1 aromatic carbocycles. The van der Waals surface area contributed by atoms with E-state index in [2.05, 4.69) is 15.1 Å². The van der Waals surface area contributed by atoms with Crippen LogP contribution in [0.3, 0.4) is 0 Å². The first-order chi connectivity index (χ1) is 16.3. The average molecular weight is 490 g/mol. The second kappa shape index (κ2) is 10.4. The average Bonchev–Trinajstić information content (AvgIpc) is 3.25. The lowest BCUT2D eigenvalue weighted by atomic mass is 9.85. The Morgan fingerprint density at radius 2 is 1.94 bits per heavy atom. The van der Waals surface area contributed by atoms with E-state index in [-0.39, 0.29) is 35.4 Å². The first kappa shape index (κ1) is 23.9. The third-order valence-electron chi connectivity index (χ3n) is 5.74. The third kappa shape index (κ3) is 5.28. The van der Waals surface area contributed by atoms with Gasteiger partial charge in [-0.3, -0.25) is 14.3 Å². The number of ketones is 1. The van der Waals surface area contributed by atoms with Crippen LogP contribution >= 0.6 is 11.6 Å². The number of carbonyl (C=O) groups excluding carboxylic acids is 2. The highest BCUT2D eigenvalue weighted by Crippen LogP contribution is 2.25. The zero-order valence-electron chi connectivity index (χ0n) is 18.1. The number of nitrogens with two attached hydrogens (primary N) is 1. The third-order valence-corrected chi connectivity index (χ3v) is 6.01. The lowest BCUT2D eigenvalue weighted by Gasteiger charge is -2.26. The Morgan fingerprint density at radius 3 is 2.68 bits per heavy atom. The van der Waals surface area contributed by atoms with Crippen LogP contribution < -0.4 is 5.73 Å². The monoisotopic (exact) mass is 489 g/mol. The number of hydrogen-bond donors (Lipinski definition) is 1. The molecule has 34 heavy (non-hydrogen) atoms. The van der Waals surface area contributed by atoms with Crippen LogP contribution in [0.4, 0.5) is 8.78 Å². The van der Waals surface area contributed by atoms with Crippen molar-refractivity contribution in [1.82, 2.24) is 19.7 Å². The smallest absolute Gasteiger partial charge is 0.310 e. The molecule has 4 rings (SSSR count). The van der Waals surface area contributed by atoms with Crippen molar-refractivity contribution >= 4 is 23.4 Å². The Morgan fingerprint density at radius 1 is 1.18 bits per heavy atom. The zero-order valence-corrected chi connectivity index (χ0v) is 18.8. The van der Waals surface area contributed by atoms with E-state index in [1.54, 1.807) is 18.2 Å². The molecule has 2 atom stereocenters. The summed E-state index contributed by atoms with van der Waals surface area (Å²) < 4.78 is 34.2. The van der Waals surface area contributed by atoms with Gasteiger partial charge in [0, 0.05) is 11.6 Å². The number of carbonyl (C=O) groups is 2. The molecular weight excluding hydrogens is 468 g/mol. The van der Waals surface area contributed by atoms with Crippen LogP contribution in [0.1, 0.15) is 41.7 Å². The number of ether oxygens (including phenoxy) is 1. The van der Waals surface area contributed by atoms with Gasteiger partial charge in [0.1, 0.15) is 17.2 Å². The maximum Gasteiger partial charge on any atom is 0.310 e. The summed E-state index contributed by atoms with van der Waals surface area (Å²) >= 11 is 5.75. The maximum absolute atomic E-state index is 14.2. The lowest BCUT2D eigenvalue weighted by Crippen LogP contribution is -2.39. The van der Waals surface area contributed by atoms with Gasteiger partial charge < -0.3 is 10.5 Å². The van der Waals surface area contributed by atoms with Gasteiger partial charge in [0.2, 0.25) is 5.78 Å². The molecule has 1 aliphatic rings. The maximum atomic E-state index is 14.2. The number of halogens is 3. The van der Waals surface area contributed by atoms with E-state index in [1.807, 2.05) is 0 Å². The van der Waals surface area contributed by atoms with Gasteiger partial charge in [-0.1, -0.05) is 42.6 Å². The number of hydrogen-bond acceptors (Lipinski definition) is 7. The molecule has 3 aromatic rings. The molecule has 2 aromatic heterocycles. The van der Waals surface area contributed by atoms with Gasteiger partial charge in [-0.15, -0.1) is 0 Å². The van der Waals surface area contributed by atoms with Gasteiger partial charge in [0.15, 0.2) is 23.4 Å². The van der Waals surface area contributed by atoms with Crippen molar-refractivity contribution in [1.29, 1.82) is 0 Å². The molecule has 2 heterocycles. The summed E-state index contributed by atoms with van der Waals surface area (Å²) in [7, 11) is 0. The molecule has 11 heteroatoms. The minimum absolute atomic E-state index is 0.0158. The molecule has 1 aliphatic carbocycles. The number of esters is 1. The molecule has 8 nitrogen and oxygen atoms in total. The minimum Gasteiger partial charge on any atom is -0.457 e. The number of aromatic nitrogens is 4. The molecule has 1 saturated carbocycles. The van der Waals surface area contributed by atoms with Crippen LogP contribution in [-0.4, -0.2) is 44.1 Å². The van der Waals surface area contributed by atoms with Gasteiger partial charge in [-0.2, -0.15) is 5.10 Å². The highest BCUT2D eigenvalue weighted by Gasteiger charge is 2.30. The van der Waals surface area contributed by atoms with E-state index in [1.165, 1.54) is 16.8 Å². The van der Waals surface area contributed by atoms with Crippen LogP contribution in [-0.2, 0) is 16.1 Å². The Kier molecular flexibility index (Phi) is 7.28. The quantitative estimate of drug-likeness (QED) is 0.306. The number of nitrogens with zero attached hydrogens (tertiary/aromatic N) is 4. The molecule has 178 valence electrons. The number of benzene rings is 1. The minimum atomic E-state index is -0.805. The van der Waals surface area contributed by atoms with Crippen molar-refractivity contribution in [2.24, 2.45) is 11.7 Å². The van der Waals surface area contributed by atoms with Crippen LogP contribution in [0.15, 0.2) is 36.5 Å². The summed E-state index contributed by atoms with van der Waals surface area (Å²) in [5.74, 6) is -2.82. The molecule has 0 unspecified atom stereocenters. The van der Waals surface area contributed by atoms with Crippen LogP contribution in [0.25, 0.3) is 11.5 Å². The normalized spacial score (nSPS) is 18.0. The van der Waals surface area contributed by atoms with Gasteiger partial charge in [0.25, 0.3) is 0 Å². The topological polar surface area (TPSA) is 113 Å². The number of Topliss-reactive ketones (excluding diaryl/α,β-unsaturated/α-hetero) is 1. The van der Waals surface area contributed by atoms with E-state index in [0.717, 1.165) is 25.5 Å². The molecule has 0 saturated heterocycles. The molecule has 0 spiro atoms. The molecule has 0 amide bonds. The largest absolute Gasteiger partial charge is 0.457 e. The lowest BCUT2D eigenvalue weighted by molar-refractivity contribution is -0.149. The van der Waals surface area contributed by atoms with Gasteiger partial charge in [-0.25, -0.2) is 18.7 Å². The van der Waals surface area contributed by atoms with Crippen molar-refractivity contribution in [3.63, 3.8) is 0 Å². The van der Waals surface area contributed by atoms with Crippen LogP contribution in [0, 0.1) is 17.6 Å². The first-order valence-corrected chi connectivity index (χ1v) is 11.2. The summed E-state index contributed by atoms with van der Waals surface area (Å²) in [4.78, 5) is 33.2. The summed E-state index contributed by atoms with van der Waals surface area (Å²) in [6.45, 7) is -0.611. The fourth-order valence-corrected chi connectivity index (χ4v) is 4.03. The second-order valence-electron chi connectivity index (χ2n) is 8.08. The predicted octanol–water partition coefficient (Wildman–Crippen LogP) is 3.56. The van der Waals surface area contributed by atoms with E-state index in [4.69, 9.17) is 22.1 Å². The molecule has 0 radical (unpaired) electrons. The Bertz CT molecular complexity index is 1220. The Hall–Kier alpha value is -3.24. The fourth-order valence-electron chi connectivity index (χ4n) is 3.90.